The van der Waals surface area contributed by atoms with Gasteiger partial charge in [-0.05, 0) is 0 Å². The van der Waals surface area contributed by atoms with Crippen molar-refractivity contribution in [3.05, 3.63) is 0 Å². The summed E-state index contributed by atoms with van der Waals surface area (Å²) in [5, 5.41) is 0. The van der Waals surface area contributed by atoms with E-state index in [4.69, 9.17) is 0 Å². The first-order chi connectivity index (χ1) is 13.4. The van der Waals surface area contributed by atoms with Gasteiger partial charge in [0.05, 0.1) is 0 Å². The van der Waals surface area contributed by atoms with Gasteiger partial charge in [0.2, 0.25) is 0 Å². The van der Waals surface area contributed by atoms with Gasteiger partial charge in [-0.2, -0.15) is 0 Å². The van der Waals surface area contributed by atoms with E-state index in [-0.39, 0.29) is 12.1 Å². The van der Waals surface area contributed by atoms with Crippen LogP contribution in [0.3, 0.4) is 0 Å². The van der Waals surface area contributed by atoms with Crippen molar-refractivity contribution in [2.45, 2.75) is 182 Å². The van der Waals surface area contributed by atoms with Crippen molar-refractivity contribution in [1.29, 1.82) is 0 Å². The van der Waals surface area contributed by atoms with Crippen LogP contribution in [0.4, 0.5) is 4.70 Å². The van der Waals surface area contributed by atoms with Crippen LogP contribution in [0.5, 0.6) is 0 Å². The zero-order valence-corrected chi connectivity index (χ0v) is 20.1. The molecule has 29 heavy (non-hydrogen) atoms. The Morgan fingerprint density at radius 1 is 0.241 bits per heavy atom. The van der Waals surface area contributed by atoms with Gasteiger partial charge in [0, 0.05) is 0 Å². The molecule has 0 heterocycles. The van der Waals surface area contributed by atoms with E-state index < -0.39 is 0 Å². The van der Waals surface area contributed by atoms with E-state index >= 15 is 0 Å². The SMILES string of the molecule is C.CCCCCCCCCCCCCCCCCCCCCCCCCCC.F. The number of hydrogen-bond acceptors (Lipinski definition) is 0. The first-order valence-corrected chi connectivity index (χ1v) is 13.4. The van der Waals surface area contributed by atoms with Gasteiger partial charge in [-0.25, -0.2) is 0 Å². The lowest BCUT2D eigenvalue weighted by molar-refractivity contribution is 0.517. The fraction of sp³-hybridized carbons (Fsp3) is 1.00. The second-order valence-electron chi connectivity index (χ2n) is 9.13. The van der Waals surface area contributed by atoms with Gasteiger partial charge in [0.25, 0.3) is 0 Å². The molecule has 0 saturated carbocycles. The molecule has 0 aromatic rings. The van der Waals surface area contributed by atoms with Gasteiger partial charge in [-0.15, -0.1) is 0 Å². The Bertz CT molecular complexity index is 214. The average molecular weight is 417 g/mol. The monoisotopic (exact) mass is 416 g/mol. The smallest absolute Gasteiger partial charge is 0.0533 e. The van der Waals surface area contributed by atoms with E-state index in [1.54, 1.807) is 0 Å². The quantitative estimate of drug-likeness (QED) is 0.137. The van der Waals surface area contributed by atoms with Crippen molar-refractivity contribution in [3.63, 3.8) is 0 Å². The fourth-order valence-corrected chi connectivity index (χ4v) is 4.21. The molecule has 0 atom stereocenters. The van der Waals surface area contributed by atoms with Crippen molar-refractivity contribution in [1.82, 2.24) is 0 Å². The lowest BCUT2D eigenvalue weighted by Crippen LogP contribution is -1.84. The molecule has 1 heteroatoms. The molecule has 0 saturated heterocycles. The maximum absolute atomic E-state index is 2.30. The molecule has 0 aromatic carbocycles. The molecule has 0 nitrogen and oxygen atoms in total. The summed E-state index contributed by atoms with van der Waals surface area (Å²) in [6.45, 7) is 4.61. The van der Waals surface area contributed by atoms with Crippen LogP contribution in [0, 0.1) is 0 Å². The average Bonchev–Trinajstić information content (AvgIpc) is 2.68. The molecule has 0 spiro atoms. The Balaban J connectivity index is -0.00000338. The number of hydrogen-bond donors (Lipinski definition) is 0. The van der Waals surface area contributed by atoms with Gasteiger partial charge >= 0.3 is 0 Å². The third kappa shape index (κ3) is 32.8. The minimum Gasteiger partial charge on any atom is -0.269 e. The van der Waals surface area contributed by atoms with E-state index in [1.807, 2.05) is 0 Å². The third-order valence-corrected chi connectivity index (χ3v) is 6.21. The summed E-state index contributed by atoms with van der Waals surface area (Å²) in [6.07, 6.45) is 36.9. The maximum Gasteiger partial charge on any atom is -0.0533 e. The molecule has 0 amide bonds. The molecule has 0 aromatic heterocycles. The largest absolute Gasteiger partial charge is 0.269 e. The summed E-state index contributed by atoms with van der Waals surface area (Å²) in [6, 6.07) is 0. The minimum absolute atomic E-state index is 0. The lowest BCUT2D eigenvalue weighted by Gasteiger charge is -2.04. The summed E-state index contributed by atoms with van der Waals surface area (Å²) in [4.78, 5) is 0. The number of rotatable bonds is 24. The summed E-state index contributed by atoms with van der Waals surface area (Å²) < 4.78 is 0. The summed E-state index contributed by atoms with van der Waals surface area (Å²) in [7, 11) is 0. The molecular formula is C28H61F. The van der Waals surface area contributed by atoms with Gasteiger partial charge in [0.1, 0.15) is 0 Å². The molecular weight excluding hydrogens is 355 g/mol. The van der Waals surface area contributed by atoms with Gasteiger partial charge in [0.15, 0.2) is 0 Å². The predicted molar refractivity (Wildman–Crippen MR) is 136 cm³/mol. The third-order valence-electron chi connectivity index (χ3n) is 6.21. The van der Waals surface area contributed by atoms with E-state index in [2.05, 4.69) is 13.8 Å². The zero-order valence-electron chi connectivity index (χ0n) is 20.1. The van der Waals surface area contributed by atoms with Gasteiger partial charge in [-0.3, -0.25) is 4.70 Å². The van der Waals surface area contributed by atoms with Crippen LogP contribution in [0.15, 0.2) is 0 Å². The van der Waals surface area contributed by atoms with Crippen LogP contribution in [0.2, 0.25) is 0 Å². The van der Waals surface area contributed by atoms with Gasteiger partial charge < -0.3 is 0 Å². The van der Waals surface area contributed by atoms with Crippen LogP contribution in [-0.2, 0) is 0 Å². The Labute approximate surface area is 186 Å². The molecule has 0 aliphatic rings. The van der Waals surface area contributed by atoms with Crippen molar-refractivity contribution in [3.8, 4) is 0 Å². The Hall–Kier alpha value is -0.0700. The van der Waals surface area contributed by atoms with Crippen molar-refractivity contribution in [2.24, 2.45) is 0 Å². The van der Waals surface area contributed by atoms with Crippen LogP contribution >= 0.6 is 0 Å². The Morgan fingerprint density at radius 2 is 0.345 bits per heavy atom. The molecule has 0 unspecified atom stereocenters. The lowest BCUT2D eigenvalue weighted by atomic mass is 10.0. The van der Waals surface area contributed by atoms with Crippen LogP contribution in [-0.4, -0.2) is 0 Å². The van der Waals surface area contributed by atoms with E-state index in [9.17, 15) is 0 Å². The summed E-state index contributed by atoms with van der Waals surface area (Å²) >= 11 is 0. The Morgan fingerprint density at radius 3 is 0.448 bits per heavy atom. The molecule has 0 N–H and O–H groups in total. The van der Waals surface area contributed by atoms with Crippen LogP contribution < -0.4 is 0 Å². The first kappa shape index (κ1) is 33.6. The molecule has 0 bridgehead atoms. The molecule has 0 aliphatic heterocycles. The minimum atomic E-state index is 0. The van der Waals surface area contributed by atoms with Crippen molar-refractivity contribution >= 4 is 0 Å². The predicted octanol–water partition coefficient (Wildman–Crippen LogP) is 11.6. The van der Waals surface area contributed by atoms with Gasteiger partial charge in [-0.1, -0.05) is 182 Å². The fourth-order valence-electron chi connectivity index (χ4n) is 4.21. The molecule has 0 aliphatic carbocycles. The highest BCUT2D eigenvalue weighted by Crippen LogP contribution is 2.15. The summed E-state index contributed by atoms with van der Waals surface area (Å²) in [5.41, 5.74) is 0. The highest BCUT2D eigenvalue weighted by atomic mass is 19.0. The van der Waals surface area contributed by atoms with Crippen LogP contribution in [0.1, 0.15) is 182 Å². The normalized spacial score (nSPS) is 10.6. The first-order valence-electron chi connectivity index (χ1n) is 13.4. The standard InChI is InChI=1S/C27H56.CH4.FH/c1-3-5-7-9-11-13-15-17-19-21-23-25-27-26-24-22-20-18-16-14-12-10-8-6-4-2;;/h3-27H2,1-2H3;1H4;1H. The number of halogens is 1. The van der Waals surface area contributed by atoms with E-state index in [0.29, 0.717) is 0 Å². The van der Waals surface area contributed by atoms with Crippen LogP contribution in [0.25, 0.3) is 0 Å². The number of unbranched alkanes of at least 4 members (excludes halogenated alkanes) is 24. The zero-order chi connectivity index (χ0) is 19.7. The summed E-state index contributed by atoms with van der Waals surface area (Å²) in [5.74, 6) is 0. The highest BCUT2D eigenvalue weighted by Gasteiger charge is 1.95. The Kier molecular flexibility index (Phi) is 37.7. The topological polar surface area (TPSA) is 0 Å². The molecule has 0 radical (unpaired) electrons. The molecule has 0 fully saturated rings. The highest BCUT2D eigenvalue weighted by molar-refractivity contribution is 4.51. The van der Waals surface area contributed by atoms with Crippen molar-refractivity contribution in [2.75, 3.05) is 0 Å². The molecule has 180 valence electrons. The molecule has 0 rings (SSSR count). The van der Waals surface area contributed by atoms with E-state index in [0.717, 1.165) is 0 Å². The van der Waals surface area contributed by atoms with Crippen molar-refractivity contribution < 1.29 is 4.70 Å². The second kappa shape index (κ2) is 32.6. The second-order valence-corrected chi connectivity index (χ2v) is 9.13. The van der Waals surface area contributed by atoms with E-state index in [1.165, 1.54) is 161 Å². The maximum atomic E-state index is 2.30.